The van der Waals surface area contributed by atoms with E-state index >= 15 is 0 Å². The van der Waals surface area contributed by atoms with E-state index in [1.54, 1.807) is 36.4 Å². The molecule has 0 fully saturated rings. The molecule has 0 aliphatic carbocycles. The first-order chi connectivity index (χ1) is 13.3. The predicted octanol–water partition coefficient (Wildman–Crippen LogP) is 4.41. The fourth-order valence-electron chi connectivity index (χ4n) is 2.53. The maximum atomic E-state index is 12.3. The molecule has 2 N–H and O–H groups in total. The minimum Gasteiger partial charge on any atom is -0.457 e. The standard InChI is InChI=1S/C21H20N2O4S/c1-15-4-3-5-20(14-15)27-19-12-10-17(11-13-19)22-21(24)16-6-8-18(9-7-16)23-28(2,25)26/h3-14,23H,1-2H3,(H,22,24). The van der Waals surface area contributed by atoms with Crippen molar-refractivity contribution < 1.29 is 17.9 Å². The first kappa shape index (κ1) is 19.4. The zero-order valence-corrected chi connectivity index (χ0v) is 16.3. The van der Waals surface area contributed by atoms with Crippen LogP contribution in [0.3, 0.4) is 0 Å². The van der Waals surface area contributed by atoms with Crippen LogP contribution in [0.2, 0.25) is 0 Å². The van der Waals surface area contributed by atoms with E-state index in [4.69, 9.17) is 4.74 Å². The Kier molecular flexibility index (Phi) is 5.65. The van der Waals surface area contributed by atoms with E-state index in [-0.39, 0.29) is 5.91 Å². The second-order valence-electron chi connectivity index (χ2n) is 6.35. The molecule has 6 nitrogen and oxygen atoms in total. The number of carbonyl (C=O) groups excluding carboxylic acids is 1. The third-order valence-corrected chi connectivity index (χ3v) is 4.39. The number of sulfonamides is 1. The Hall–Kier alpha value is -3.32. The van der Waals surface area contributed by atoms with Gasteiger partial charge in [0.15, 0.2) is 0 Å². The van der Waals surface area contributed by atoms with Crippen molar-refractivity contribution in [2.45, 2.75) is 6.92 Å². The summed E-state index contributed by atoms with van der Waals surface area (Å²) in [6.45, 7) is 2.00. The Morgan fingerprint density at radius 2 is 1.50 bits per heavy atom. The summed E-state index contributed by atoms with van der Waals surface area (Å²) in [7, 11) is -3.35. The highest BCUT2D eigenvalue weighted by molar-refractivity contribution is 7.92. The summed E-state index contributed by atoms with van der Waals surface area (Å²) in [4.78, 5) is 12.3. The molecule has 3 rings (SSSR count). The van der Waals surface area contributed by atoms with E-state index in [1.807, 2.05) is 31.2 Å². The van der Waals surface area contributed by atoms with Gasteiger partial charge in [0.05, 0.1) is 6.26 Å². The Bertz CT molecular complexity index is 1080. The van der Waals surface area contributed by atoms with Crippen LogP contribution >= 0.6 is 0 Å². The van der Waals surface area contributed by atoms with Gasteiger partial charge >= 0.3 is 0 Å². The lowest BCUT2D eigenvalue weighted by molar-refractivity contribution is 0.102. The molecule has 7 heteroatoms. The zero-order valence-electron chi connectivity index (χ0n) is 15.5. The molecule has 144 valence electrons. The van der Waals surface area contributed by atoms with Gasteiger partial charge in [0, 0.05) is 16.9 Å². The minimum atomic E-state index is -3.35. The van der Waals surface area contributed by atoms with Gasteiger partial charge < -0.3 is 10.1 Å². The van der Waals surface area contributed by atoms with E-state index in [0.717, 1.165) is 17.6 Å². The van der Waals surface area contributed by atoms with E-state index in [0.29, 0.717) is 22.7 Å². The lowest BCUT2D eigenvalue weighted by Crippen LogP contribution is -2.12. The maximum Gasteiger partial charge on any atom is 0.255 e. The van der Waals surface area contributed by atoms with Gasteiger partial charge in [-0.15, -0.1) is 0 Å². The first-order valence-electron chi connectivity index (χ1n) is 8.52. The molecule has 0 aliphatic rings. The van der Waals surface area contributed by atoms with Crippen molar-refractivity contribution in [2.24, 2.45) is 0 Å². The van der Waals surface area contributed by atoms with Crippen LogP contribution in [0.5, 0.6) is 11.5 Å². The number of benzene rings is 3. The number of anilines is 2. The number of rotatable bonds is 6. The summed E-state index contributed by atoms with van der Waals surface area (Å²) in [5.74, 6) is 1.12. The third-order valence-electron chi connectivity index (χ3n) is 3.79. The van der Waals surface area contributed by atoms with Crippen LogP contribution in [0.15, 0.2) is 72.8 Å². The van der Waals surface area contributed by atoms with E-state index in [1.165, 1.54) is 12.1 Å². The highest BCUT2D eigenvalue weighted by atomic mass is 32.2. The largest absolute Gasteiger partial charge is 0.457 e. The van der Waals surface area contributed by atoms with Crippen molar-refractivity contribution >= 4 is 27.3 Å². The van der Waals surface area contributed by atoms with Gasteiger partial charge in [0.1, 0.15) is 11.5 Å². The second-order valence-corrected chi connectivity index (χ2v) is 8.10. The van der Waals surface area contributed by atoms with Crippen LogP contribution in [0.4, 0.5) is 11.4 Å². The molecule has 0 bridgehead atoms. The fraction of sp³-hybridized carbons (Fsp3) is 0.0952. The summed E-state index contributed by atoms with van der Waals surface area (Å²) in [5.41, 5.74) is 2.55. The van der Waals surface area contributed by atoms with Gasteiger partial charge in [0.25, 0.3) is 5.91 Å². The molecule has 0 saturated heterocycles. The molecule has 28 heavy (non-hydrogen) atoms. The lowest BCUT2D eigenvalue weighted by Gasteiger charge is -2.09. The summed E-state index contributed by atoms with van der Waals surface area (Å²) in [6.07, 6.45) is 1.07. The number of hydrogen-bond donors (Lipinski definition) is 2. The molecule has 0 unspecified atom stereocenters. The molecule has 0 atom stereocenters. The maximum absolute atomic E-state index is 12.3. The van der Waals surface area contributed by atoms with E-state index < -0.39 is 10.0 Å². The number of aryl methyl sites for hydroxylation is 1. The van der Waals surface area contributed by atoms with E-state index in [9.17, 15) is 13.2 Å². The quantitative estimate of drug-likeness (QED) is 0.646. The molecule has 0 aliphatic heterocycles. The molecular weight excluding hydrogens is 376 g/mol. The summed E-state index contributed by atoms with van der Waals surface area (Å²) in [5, 5.41) is 2.79. The van der Waals surface area contributed by atoms with Crippen molar-refractivity contribution in [1.82, 2.24) is 0 Å². The average Bonchev–Trinajstić information content (AvgIpc) is 2.63. The Balaban J connectivity index is 1.62. The van der Waals surface area contributed by atoms with E-state index in [2.05, 4.69) is 10.0 Å². The monoisotopic (exact) mass is 396 g/mol. The van der Waals surface area contributed by atoms with Gasteiger partial charge in [-0.25, -0.2) is 8.42 Å². The van der Waals surface area contributed by atoms with Crippen molar-refractivity contribution in [3.05, 3.63) is 83.9 Å². The highest BCUT2D eigenvalue weighted by Gasteiger charge is 2.08. The predicted molar refractivity (Wildman–Crippen MR) is 111 cm³/mol. The summed E-state index contributed by atoms with van der Waals surface area (Å²) < 4.78 is 30.6. The minimum absolute atomic E-state index is 0.293. The van der Waals surface area contributed by atoms with Crippen LogP contribution in [0.25, 0.3) is 0 Å². The summed E-state index contributed by atoms with van der Waals surface area (Å²) in [6, 6.07) is 21.0. The number of nitrogens with one attached hydrogen (secondary N) is 2. The van der Waals surface area contributed by atoms with Crippen LogP contribution in [0, 0.1) is 6.92 Å². The topological polar surface area (TPSA) is 84.5 Å². The Morgan fingerprint density at radius 3 is 2.11 bits per heavy atom. The number of carbonyl (C=O) groups is 1. The number of hydrogen-bond acceptors (Lipinski definition) is 4. The zero-order chi connectivity index (χ0) is 20.1. The van der Waals surface area contributed by atoms with Crippen LogP contribution in [0.1, 0.15) is 15.9 Å². The molecular formula is C21H20N2O4S. The van der Waals surface area contributed by atoms with Gasteiger partial charge in [-0.2, -0.15) is 0 Å². The molecule has 3 aromatic rings. The van der Waals surface area contributed by atoms with Gasteiger partial charge in [0.2, 0.25) is 10.0 Å². The molecule has 3 aromatic carbocycles. The second kappa shape index (κ2) is 8.14. The van der Waals surface area contributed by atoms with Crippen LogP contribution in [-0.4, -0.2) is 20.6 Å². The van der Waals surface area contributed by atoms with Crippen molar-refractivity contribution in [2.75, 3.05) is 16.3 Å². The fourth-order valence-corrected chi connectivity index (χ4v) is 3.09. The van der Waals surface area contributed by atoms with Crippen molar-refractivity contribution in [3.63, 3.8) is 0 Å². The molecule has 0 spiro atoms. The number of ether oxygens (including phenoxy) is 1. The molecule has 0 heterocycles. The highest BCUT2D eigenvalue weighted by Crippen LogP contribution is 2.24. The Labute approximate surface area is 164 Å². The van der Waals surface area contributed by atoms with Crippen molar-refractivity contribution in [3.8, 4) is 11.5 Å². The van der Waals surface area contributed by atoms with Crippen LogP contribution < -0.4 is 14.8 Å². The van der Waals surface area contributed by atoms with Crippen molar-refractivity contribution in [1.29, 1.82) is 0 Å². The smallest absolute Gasteiger partial charge is 0.255 e. The molecule has 0 saturated carbocycles. The summed E-state index contributed by atoms with van der Waals surface area (Å²) >= 11 is 0. The molecule has 0 radical (unpaired) electrons. The average molecular weight is 396 g/mol. The van der Waals surface area contributed by atoms with Gasteiger partial charge in [-0.1, -0.05) is 12.1 Å². The first-order valence-corrected chi connectivity index (χ1v) is 10.4. The normalized spacial score (nSPS) is 10.9. The molecule has 0 aromatic heterocycles. The Morgan fingerprint density at radius 1 is 0.857 bits per heavy atom. The lowest BCUT2D eigenvalue weighted by atomic mass is 10.2. The number of amides is 1. The molecule has 1 amide bonds. The third kappa shape index (κ3) is 5.59. The SMILES string of the molecule is Cc1cccc(Oc2ccc(NC(=O)c3ccc(NS(C)(=O)=O)cc3)cc2)c1. The van der Waals surface area contributed by atoms with Crippen LogP contribution in [-0.2, 0) is 10.0 Å². The van der Waals surface area contributed by atoms with Gasteiger partial charge in [-0.3, -0.25) is 9.52 Å². The van der Waals surface area contributed by atoms with Gasteiger partial charge in [-0.05, 0) is 73.2 Å².